The first-order chi connectivity index (χ1) is 15.6. The molecule has 2 atom stereocenters. The van der Waals surface area contributed by atoms with Gasteiger partial charge in [-0.25, -0.2) is 4.79 Å². The molecule has 0 unspecified atom stereocenters. The third-order valence-electron chi connectivity index (χ3n) is 5.34. The Labute approximate surface area is 195 Å². The van der Waals surface area contributed by atoms with Crippen molar-refractivity contribution in [3.8, 4) is 0 Å². The van der Waals surface area contributed by atoms with Crippen LogP contribution in [0.1, 0.15) is 30.2 Å². The first-order valence-corrected chi connectivity index (χ1v) is 12.6. The molecule has 168 valence electrons. The number of esters is 1. The van der Waals surface area contributed by atoms with E-state index in [0.29, 0.717) is 24.5 Å². The number of carbonyl (C=O) groups excluding carboxylic acids is 3. The van der Waals surface area contributed by atoms with Gasteiger partial charge in [-0.2, -0.15) is 0 Å². The second-order valence-corrected chi connectivity index (χ2v) is 9.83. The molecule has 2 aliphatic rings. The zero-order valence-electron chi connectivity index (χ0n) is 17.8. The number of aromatic nitrogens is 1. The van der Waals surface area contributed by atoms with Crippen molar-refractivity contribution in [1.29, 1.82) is 0 Å². The summed E-state index contributed by atoms with van der Waals surface area (Å²) in [6, 6.07) is 6.95. The number of hydrogen-bond acceptors (Lipinski definition) is 7. The number of β-lactam (4-membered cyclic amide) rings is 1. The van der Waals surface area contributed by atoms with E-state index in [-0.39, 0.29) is 23.6 Å². The van der Waals surface area contributed by atoms with E-state index >= 15 is 0 Å². The molecule has 9 heteroatoms. The van der Waals surface area contributed by atoms with Crippen LogP contribution in [0.4, 0.5) is 0 Å². The fraction of sp³-hybridized carbons (Fsp3) is 0.391. The van der Waals surface area contributed by atoms with Gasteiger partial charge in [0, 0.05) is 23.0 Å². The van der Waals surface area contributed by atoms with Crippen molar-refractivity contribution >= 4 is 40.9 Å². The minimum atomic E-state index is -0.633. The van der Waals surface area contributed by atoms with Gasteiger partial charge in [-0.15, -0.1) is 23.1 Å². The number of thiophene rings is 1. The topological polar surface area (TPSA) is 88.6 Å². The Balaban J connectivity index is 1.51. The summed E-state index contributed by atoms with van der Waals surface area (Å²) in [5.41, 5.74) is 2.13. The summed E-state index contributed by atoms with van der Waals surface area (Å²) in [7, 11) is 0. The van der Waals surface area contributed by atoms with Crippen molar-refractivity contribution < 1.29 is 19.1 Å². The van der Waals surface area contributed by atoms with Crippen LogP contribution in [-0.2, 0) is 32.0 Å². The lowest BCUT2D eigenvalue weighted by Gasteiger charge is -2.49. The zero-order valence-corrected chi connectivity index (χ0v) is 19.4. The summed E-state index contributed by atoms with van der Waals surface area (Å²) in [6.45, 7) is 2.34. The standard InChI is InChI=1S/C23H25N3O4S2/c1-2-3-9-30-23(29)20-16(11-15-6-4-8-24-13-15)14-32-22-19(21(28)26(20)22)25-18(27)12-17-7-5-10-31-17/h4-8,10,13,19,22H,2-3,9,11-12,14H2,1H3,(H,25,27)/t19-,22-/m1/s1. The molecule has 0 saturated carbocycles. The fourth-order valence-corrected chi connectivity index (χ4v) is 5.78. The van der Waals surface area contributed by atoms with Crippen LogP contribution in [0.3, 0.4) is 0 Å². The minimum Gasteiger partial charge on any atom is -0.461 e. The highest BCUT2D eigenvalue weighted by Crippen LogP contribution is 2.41. The van der Waals surface area contributed by atoms with Crippen LogP contribution in [0.15, 0.2) is 53.3 Å². The lowest BCUT2D eigenvalue weighted by molar-refractivity contribution is -0.153. The maximum atomic E-state index is 13.0. The van der Waals surface area contributed by atoms with E-state index in [0.717, 1.165) is 28.9 Å². The van der Waals surface area contributed by atoms with E-state index < -0.39 is 12.0 Å². The van der Waals surface area contributed by atoms with E-state index in [2.05, 4.69) is 10.3 Å². The SMILES string of the molecule is CCCCOC(=O)C1=C(Cc2cccnc2)CS[C@@H]2[C@H](NC(=O)Cc3cccs3)C(=O)N12. The monoisotopic (exact) mass is 471 g/mol. The van der Waals surface area contributed by atoms with Crippen molar-refractivity contribution in [2.45, 2.75) is 44.0 Å². The van der Waals surface area contributed by atoms with Crippen LogP contribution >= 0.6 is 23.1 Å². The molecule has 7 nitrogen and oxygen atoms in total. The highest BCUT2D eigenvalue weighted by Gasteiger charge is 2.54. The number of fused-ring (bicyclic) bond motifs is 1. The lowest BCUT2D eigenvalue weighted by atomic mass is 9.99. The van der Waals surface area contributed by atoms with Gasteiger partial charge in [-0.1, -0.05) is 25.5 Å². The van der Waals surface area contributed by atoms with Crippen LogP contribution < -0.4 is 5.32 Å². The van der Waals surface area contributed by atoms with Gasteiger partial charge in [0.05, 0.1) is 13.0 Å². The van der Waals surface area contributed by atoms with Crippen LogP contribution in [0, 0.1) is 0 Å². The normalized spacial score (nSPS) is 19.9. The van der Waals surface area contributed by atoms with Crippen molar-refractivity contribution in [3.05, 3.63) is 63.7 Å². The number of nitrogens with zero attached hydrogens (tertiary/aromatic N) is 2. The second-order valence-electron chi connectivity index (χ2n) is 7.69. The number of hydrogen-bond donors (Lipinski definition) is 1. The molecule has 2 aliphatic heterocycles. The largest absolute Gasteiger partial charge is 0.461 e. The van der Waals surface area contributed by atoms with Crippen LogP contribution in [0.2, 0.25) is 0 Å². The second kappa shape index (κ2) is 10.3. The highest BCUT2D eigenvalue weighted by atomic mass is 32.2. The first kappa shape index (κ1) is 22.5. The van der Waals surface area contributed by atoms with Crippen molar-refractivity contribution in [1.82, 2.24) is 15.2 Å². The fourth-order valence-electron chi connectivity index (χ4n) is 3.73. The molecule has 1 fully saturated rings. The van der Waals surface area contributed by atoms with Gasteiger partial charge in [0.15, 0.2) is 0 Å². The van der Waals surface area contributed by atoms with E-state index in [1.165, 1.54) is 16.2 Å². The summed E-state index contributed by atoms with van der Waals surface area (Å²) in [5.74, 6) is -0.353. The molecule has 0 aliphatic carbocycles. The predicted molar refractivity (Wildman–Crippen MR) is 124 cm³/mol. The van der Waals surface area contributed by atoms with Crippen LogP contribution in [0.5, 0.6) is 0 Å². The first-order valence-electron chi connectivity index (χ1n) is 10.6. The third-order valence-corrected chi connectivity index (χ3v) is 7.56. The number of rotatable bonds is 9. The Morgan fingerprint density at radius 3 is 2.91 bits per heavy atom. The van der Waals surface area contributed by atoms with Gasteiger partial charge in [-0.3, -0.25) is 19.5 Å². The molecule has 2 aromatic rings. The molecule has 1 N–H and O–H groups in total. The van der Waals surface area contributed by atoms with E-state index in [4.69, 9.17) is 4.74 Å². The van der Waals surface area contributed by atoms with Gasteiger partial charge < -0.3 is 10.1 Å². The number of thioether (sulfide) groups is 1. The Morgan fingerprint density at radius 2 is 2.19 bits per heavy atom. The Bertz CT molecular complexity index is 1010. The summed E-state index contributed by atoms with van der Waals surface area (Å²) in [4.78, 5) is 45.0. The molecule has 4 rings (SSSR count). The molecule has 2 aromatic heterocycles. The number of unbranched alkanes of at least 4 members (excludes halogenated alkanes) is 1. The van der Waals surface area contributed by atoms with E-state index in [1.54, 1.807) is 24.2 Å². The molecule has 0 aromatic carbocycles. The average Bonchev–Trinajstić information content (AvgIpc) is 3.31. The highest BCUT2D eigenvalue weighted by molar-refractivity contribution is 8.00. The van der Waals surface area contributed by atoms with Gasteiger partial charge in [0.2, 0.25) is 5.91 Å². The smallest absolute Gasteiger partial charge is 0.355 e. The van der Waals surface area contributed by atoms with Gasteiger partial charge in [0.25, 0.3) is 5.91 Å². The Hall–Kier alpha value is -2.65. The number of nitrogens with one attached hydrogen (secondary N) is 1. The maximum absolute atomic E-state index is 13.0. The van der Waals surface area contributed by atoms with Crippen molar-refractivity contribution in [2.75, 3.05) is 12.4 Å². The summed E-state index contributed by atoms with van der Waals surface area (Å²) >= 11 is 3.07. The van der Waals surface area contributed by atoms with E-state index in [9.17, 15) is 14.4 Å². The number of amides is 2. The molecule has 1 saturated heterocycles. The number of ether oxygens (including phenoxy) is 1. The van der Waals surface area contributed by atoms with Crippen molar-refractivity contribution in [3.63, 3.8) is 0 Å². The van der Waals surface area contributed by atoms with Crippen molar-refractivity contribution in [2.24, 2.45) is 0 Å². The molecular weight excluding hydrogens is 446 g/mol. The predicted octanol–water partition coefficient (Wildman–Crippen LogP) is 2.93. The van der Waals surface area contributed by atoms with Crippen LogP contribution in [0.25, 0.3) is 0 Å². The average molecular weight is 472 g/mol. The van der Waals surface area contributed by atoms with Gasteiger partial charge in [-0.05, 0) is 41.5 Å². The Kier molecular flexibility index (Phi) is 7.26. The molecule has 2 amide bonds. The quantitative estimate of drug-likeness (QED) is 0.344. The number of carbonyl (C=O) groups is 3. The van der Waals surface area contributed by atoms with Crippen LogP contribution in [-0.4, -0.2) is 51.4 Å². The zero-order chi connectivity index (χ0) is 22.5. The summed E-state index contributed by atoms with van der Waals surface area (Å²) in [6.07, 6.45) is 5.90. The number of pyridine rings is 1. The summed E-state index contributed by atoms with van der Waals surface area (Å²) in [5, 5.41) is 4.46. The molecule has 32 heavy (non-hydrogen) atoms. The molecule has 0 radical (unpaired) electrons. The van der Waals surface area contributed by atoms with E-state index in [1.807, 2.05) is 36.6 Å². The molecule has 4 heterocycles. The molecule has 0 bridgehead atoms. The molecular formula is C23H25N3O4S2. The lowest BCUT2D eigenvalue weighted by Crippen LogP contribution is -2.70. The minimum absolute atomic E-state index is 0.191. The third kappa shape index (κ3) is 4.88. The summed E-state index contributed by atoms with van der Waals surface area (Å²) < 4.78 is 5.48. The molecule has 0 spiro atoms. The Morgan fingerprint density at radius 1 is 1.31 bits per heavy atom. The maximum Gasteiger partial charge on any atom is 0.355 e. The van der Waals surface area contributed by atoms with Gasteiger partial charge in [0.1, 0.15) is 17.1 Å². The van der Waals surface area contributed by atoms with Gasteiger partial charge >= 0.3 is 5.97 Å².